The van der Waals surface area contributed by atoms with Crippen LogP contribution in [0.5, 0.6) is 0 Å². The van der Waals surface area contributed by atoms with Crippen LogP contribution < -0.4 is 5.32 Å². The number of hydrogen-bond donors (Lipinski definition) is 1. The first-order valence-corrected chi connectivity index (χ1v) is 6.51. The topological polar surface area (TPSA) is 42.2 Å². The van der Waals surface area contributed by atoms with E-state index in [9.17, 15) is 13.2 Å². The van der Waals surface area contributed by atoms with Crippen molar-refractivity contribution in [1.82, 2.24) is 15.1 Å². The van der Waals surface area contributed by atoms with Crippen LogP contribution in [0.3, 0.4) is 0 Å². The highest BCUT2D eigenvalue weighted by molar-refractivity contribution is 6.32. The van der Waals surface area contributed by atoms with Crippen LogP contribution in [-0.4, -0.2) is 22.5 Å². The highest BCUT2D eigenvalue weighted by atomic mass is 35.5. The van der Waals surface area contributed by atoms with E-state index in [1.807, 2.05) is 0 Å². The van der Waals surface area contributed by atoms with Gasteiger partial charge in [0.15, 0.2) is 5.69 Å². The summed E-state index contributed by atoms with van der Waals surface area (Å²) in [5, 5.41) is 6.91. The van der Waals surface area contributed by atoms with Gasteiger partial charge >= 0.3 is 6.18 Å². The summed E-state index contributed by atoms with van der Waals surface area (Å²) in [6.45, 7) is 0.430. The fourth-order valence-electron chi connectivity index (χ4n) is 2.22. The molecule has 2 aromatic rings. The van der Waals surface area contributed by atoms with Crippen LogP contribution in [0.2, 0.25) is 5.02 Å². The van der Waals surface area contributed by atoms with Crippen molar-refractivity contribution in [1.29, 1.82) is 0 Å². The summed E-state index contributed by atoms with van der Waals surface area (Å²) in [4.78, 5) is 3.99. The molecule has 3 rings (SSSR count). The Hall–Kier alpha value is -1.86. The zero-order chi connectivity index (χ0) is 15.0. The van der Waals surface area contributed by atoms with Crippen molar-refractivity contribution in [2.24, 2.45) is 4.99 Å². The number of nitrogens with zero attached hydrogens (tertiary/aromatic N) is 3. The van der Waals surface area contributed by atoms with Gasteiger partial charge in [0.2, 0.25) is 0 Å². The lowest BCUT2D eigenvalue weighted by atomic mass is 10.2. The third-order valence-corrected chi connectivity index (χ3v) is 3.42. The molecule has 0 saturated heterocycles. The number of benzene rings is 1. The molecule has 0 amide bonds. The van der Waals surface area contributed by atoms with Crippen molar-refractivity contribution >= 4 is 17.8 Å². The molecule has 0 fully saturated rings. The normalized spacial score (nSPS) is 18.4. The lowest BCUT2D eigenvalue weighted by Crippen LogP contribution is -2.21. The van der Waals surface area contributed by atoms with E-state index in [4.69, 9.17) is 11.6 Å². The van der Waals surface area contributed by atoms with E-state index in [2.05, 4.69) is 15.4 Å². The Kier molecular flexibility index (Phi) is 3.46. The molecule has 0 spiro atoms. The molecule has 21 heavy (non-hydrogen) atoms. The molecule has 2 heterocycles. The Balaban J connectivity index is 2.18. The van der Waals surface area contributed by atoms with Gasteiger partial charge in [-0.1, -0.05) is 23.7 Å². The van der Waals surface area contributed by atoms with Crippen molar-refractivity contribution in [3.8, 4) is 5.69 Å². The SMILES string of the molecule is FC(F)(F)c1c(C2N=CCN2)cnn1-c1ccccc1Cl. The van der Waals surface area contributed by atoms with Gasteiger partial charge in [-0.3, -0.25) is 10.3 Å². The minimum absolute atomic E-state index is 0.0174. The number of rotatable bonds is 2. The quantitative estimate of drug-likeness (QED) is 0.925. The van der Waals surface area contributed by atoms with Gasteiger partial charge in [-0.2, -0.15) is 18.3 Å². The second-order valence-corrected chi connectivity index (χ2v) is 4.86. The van der Waals surface area contributed by atoms with Crippen molar-refractivity contribution in [3.05, 3.63) is 46.7 Å². The van der Waals surface area contributed by atoms with Gasteiger partial charge in [-0.05, 0) is 12.1 Å². The van der Waals surface area contributed by atoms with Gasteiger partial charge in [0.05, 0.1) is 16.9 Å². The van der Waals surface area contributed by atoms with Crippen molar-refractivity contribution in [3.63, 3.8) is 0 Å². The van der Waals surface area contributed by atoms with E-state index < -0.39 is 18.0 Å². The zero-order valence-corrected chi connectivity index (χ0v) is 11.4. The van der Waals surface area contributed by atoms with E-state index in [1.165, 1.54) is 24.5 Å². The van der Waals surface area contributed by atoms with Crippen LogP contribution in [0.1, 0.15) is 17.4 Å². The molecule has 1 unspecified atom stereocenters. The van der Waals surface area contributed by atoms with E-state index in [-0.39, 0.29) is 16.3 Å². The molecule has 1 atom stereocenters. The molecule has 0 radical (unpaired) electrons. The fraction of sp³-hybridized carbons (Fsp3) is 0.231. The lowest BCUT2D eigenvalue weighted by Gasteiger charge is -2.15. The molecule has 1 aromatic carbocycles. The summed E-state index contributed by atoms with van der Waals surface area (Å²) < 4.78 is 41.1. The summed E-state index contributed by atoms with van der Waals surface area (Å²) in [6.07, 6.45) is -2.59. The van der Waals surface area contributed by atoms with Gasteiger partial charge in [0, 0.05) is 18.3 Å². The minimum atomic E-state index is -4.56. The van der Waals surface area contributed by atoms with Crippen LogP contribution in [0.15, 0.2) is 35.5 Å². The number of halogens is 4. The van der Waals surface area contributed by atoms with Crippen LogP contribution in [0.4, 0.5) is 13.2 Å². The average Bonchev–Trinajstić information content (AvgIpc) is 3.07. The third kappa shape index (κ3) is 2.54. The molecule has 0 saturated carbocycles. The van der Waals surface area contributed by atoms with Crippen LogP contribution in [0.25, 0.3) is 5.69 Å². The van der Waals surface area contributed by atoms with Gasteiger partial charge in [-0.25, -0.2) is 4.68 Å². The first kappa shape index (κ1) is 14.1. The summed E-state index contributed by atoms with van der Waals surface area (Å²) >= 11 is 5.98. The van der Waals surface area contributed by atoms with E-state index in [0.29, 0.717) is 6.54 Å². The van der Waals surface area contributed by atoms with Crippen molar-refractivity contribution in [2.75, 3.05) is 6.54 Å². The van der Waals surface area contributed by atoms with E-state index in [1.54, 1.807) is 12.1 Å². The van der Waals surface area contributed by atoms with Gasteiger partial charge in [-0.15, -0.1) is 0 Å². The molecule has 1 aliphatic heterocycles. The molecule has 1 N–H and O–H groups in total. The molecular weight excluding hydrogens is 305 g/mol. The zero-order valence-electron chi connectivity index (χ0n) is 10.6. The van der Waals surface area contributed by atoms with Gasteiger partial charge in [0.25, 0.3) is 0 Å². The lowest BCUT2D eigenvalue weighted by molar-refractivity contribution is -0.143. The average molecular weight is 315 g/mol. The Morgan fingerprint density at radius 2 is 2.05 bits per heavy atom. The van der Waals surface area contributed by atoms with Crippen molar-refractivity contribution in [2.45, 2.75) is 12.3 Å². The number of nitrogens with one attached hydrogen (secondary N) is 1. The summed E-state index contributed by atoms with van der Waals surface area (Å²) in [5.74, 6) is 0. The predicted octanol–water partition coefficient (Wildman–Crippen LogP) is 3.22. The Labute approximate surface area is 123 Å². The van der Waals surface area contributed by atoms with E-state index >= 15 is 0 Å². The first-order chi connectivity index (χ1) is 9.98. The molecule has 0 aliphatic carbocycles. The maximum atomic E-state index is 13.4. The smallest absolute Gasteiger partial charge is 0.287 e. The largest absolute Gasteiger partial charge is 0.433 e. The Morgan fingerprint density at radius 1 is 1.29 bits per heavy atom. The van der Waals surface area contributed by atoms with Crippen LogP contribution >= 0.6 is 11.6 Å². The molecule has 1 aromatic heterocycles. The van der Waals surface area contributed by atoms with Gasteiger partial charge < -0.3 is 0 Å². The Morgan fingerprint density at radius 3 is 2.67 bits per heavy atom. The number of para-hydroxylation sites is 1. The number of hydrogen-bond acceptors (Lipinski definition) is 3. The number of alkyl halides is 3. The second kappa shape index (κ2) is 5.16. The molecule has 4 nitrogen and oxygen atoms in total. The summed E-state index contributed by atoms with van der Waals surface area (Å²) in [7, 11) is 0. The van der Waals surface area contributed by atoms with Gasteiger partial charge in [0.1, 0.15) is 6.17 Å². The Bertz CT molecular complexity index is 693. The first-order valence-electron chi connectivity index (χ1n) is 6.13. The summed E-state index contributed by atoms with van der Waals surface area (Å²) in [5.41, 5.74) is -0.706. The molecule has 110 valence electrons. The minimum Gasteiger partial charge on any atom is -0.287 e. The monoisotopic (exact) mass is 314 g/mol. The molecule has 8 heteroatoms. The maximum Gasteiger partial charge on any atom is 0.433 e. The van der Waals surface area contributed by atoms with Crippen LogP contribution in [-0.2, 0) is 6.18 Å². The number of aromatic nitrogens is 2. The molecule has 1 aliphatic rings. The fourth-order valence-corrected chi connectivity index (χ4v) is 2.43. The predicted molar refractivity (Wildman–Crippen MR) is 72.8 cm³/mol. The summed E-state index contributed by atoms with van der Waals surface area (Å²) in [6, 6.07) is 6.26. The van der Waals surface area contributed by atoms with Crippen molar-refractivity contribution < 1.29 is 13.2 Å². The number of aliphatic imine (C=N–C) groups is 1. The maximum absolute atomic E-state index is 13.4. The second-order valence-electron chi connectivity index (χ2n) is 4.45. The highest BCUT2D eigenvalue weighted by Crippen LogP contribution is 2.37. The third-order valence-electron chi connectivity index (χ3n) is 3.10. The standard InChI is InChI=1S/C13H10ClF3N4/c14-9-3-1-2-4-10(9)21-11(13(15,16)17)8(7-20-21)12-18-5-6-19-12/h1-5,7,12,19H,6H2. The van der Waals surface area contributed by atoms with E-state index in [0.717, 1.165) is 4.68 Å². The van der Waals surface area contributed by atoms with Crippen LogP contribution in [0, 0.1) is 0 Å². The highest BCUT2D eigenvalue weighted by Gasteiger charge is 2.41. The molecular formula is C13H10ClF3N4. The molecule has 0 bridgehead atoms.